The molecular weight excluding hydrogens is 419 g/mol. The van der Waals surface area contributed by atoms with Crippen molar-refractivity contribution in [3.8, 4) is 6.07 Å². The van der Waals surface area contributed by atoms with Crippen LogP contribution in [0.2, 0.25) is 0 Å². The highest BCUT2D eigenvalue weighted by atomic mass is 127. The minimum Gasteiger partial charge on any atom is -0.357 e. The number of nitrogens with zero attached hydrogens (tertiary/aromatic N) is 3. The summed E-state index contributed by atoms with van der Waals surface area (Å²) in [5.41, 5.74) is 3.06. The largest absolute Gasteiger partial charge is 0.357 e. The number of thiophene rings is 1. The van der Waals surface area contributed by atoms with E-state index in [-0.39, 0.29) is 24.0 Å². The lowest BCUT2D eigenvalue weighted by molar-refractivity contribution is 0.477. The maximum atomic E-state index is 8.82. The zero-order valence-corrected chi connectivity index (χ0v) is 16.5. The molecule has 4 nitrogen and oxygen atoms in total. The minimum absolute atomic E-state index is 0. The van der Waals surface area contributed by atoms with Gasteiger partial charge in [0.15, 0.2) is 5.96 Å². The molecule has 122 valence electrons. The number of halogens is 1. The number of nitriles is 1. The van der Waals surface area contributed by atoms with Crippen molar-refractivity contribution < 1.29 is 0 Å². The summed E-state index contributed by atoms with van der Waals surface area (Å²) >= 11 is 1.71. The van der Waals surface area contributed by atoms with E-state index in [2.05, 4.69) is 45.0 Å². The Bertz CT molecular complexity index is 644. The van der Waals surface area contributed by atoms with Gasteiger partial charge in [0.25, 0.3) is 0 Å². The molecule has 1 heterocycles. The van der Waals surface area contributed by atoms with Gasteiger partial charge < -0.3 is 10.2 Å². The van der Waals surface area contributed by atoms with Gasteiger partial charge in [0.2, 0.25) is 0 Å². The predicted molar refractivity (Wildman–Crippen MR) is 107 cm³/mol. The first kappa shape index (κ1) is 19.5. The van der Waals surface area contributed by atoms with Gasteiger partial charge in [-0.25, -0.2) is 4.99 Å². The Balaban J connectivity index is 0.00000264. The van der Waals surface area contributed by atoms with E-state index in [0.29, 0.717) is 12.1 Å². The van der Waals surface area contributed by atoms with Crippen LogP contribution in [0.15, 0.2) is 46.1 Å². The summed E-state index contributed by atoms with van der Waals surface area (Å²) in [5.74, 6) is 0.887. The van der Waals surface area contributed by atoms with Gasteiger partial charge in [-0.3, -0.25) is 0 Å². The van der Waals surface area contributed by atoms with Gasteiger partial charge in [0, 0.05) is 20.1 Å². The van der Waals surface area contributed by atoms with Crippen molar-refractivity contribution in [1.29, 1.82) is 5.26 Å². The second-order valence-corrected chi connectivity index (χ2v) is 5.75. The number of benzene rings is 1. The molecule has 0 aliphatic heterocycles. The molecule has 0 atom stereocenters. The molecule has 0 saturated heterocycles. The van der Waals surface area contributed by atoms with E-state index in [9.17, 15) is 0 Å². The zero-order valence-electron chi connectivity index (χ0n) is 13.3. The van der Waals surface area contributed by atoms with E-state index in [1.807, 2.05) is 31.3 Å². The third kappa shape index (κ3) is 6.20. The Morgan fingerprint density at radius 3 is 2.57 bits per heavy atom. The van der Waals surface area contributed by atoms with Crippen molar-refractivity contribution >= 4 is 41.3 Å². The monoisotopic (exact) mass is 440 g/mol. The Labute approximate surface area is 158 Å². The average molecular weight is 440 g/mol. The number of nitrogens with one attached hydrogen (secondary N) is 1. The van der Waals surface area contributed by atoms with Crippen molar-refractivity contribution in [1.82, 2.24) is 10.2 Å². The standard InChI is InChI=1S/C17H20N4S.HI/c1-3-19-17(21(2)12-16-8-9-22-13-16)20-11-15-6-4-14(10-18)5-7-15;/h4-9,13H,3,11-12H2,1-2H3,(H,19,20);1H. The molecule has 0 aliphatic rings. The van der Waals surface area contributed by atoms with E-state index >= 15 is 0 Å². The fraction of sp³-hybridized carbons (Fsp3) is 0.294. The van der Waals surface area contributed by atoms with Crippen LogP contribution in [0.5, 0.6) is 0 Å². The Kier molecular flexibility index (Phi) is 8.66. The average Bonchev–Trinajstić information content (AvgIpc) is 3.04. The van der Waals surface area contributed by atoms with Gasteiger partial charge in [0.1, 0.15) is 0 Å². The highest BCUT2D eigenvalue weighted by Crippen LogP contribution is 2.09. The SMILES string of the molecule is CCNC(=NCc1ccc(C#N)cc1)N(C)Cc1ccsc1.I. The third-order valence-corrected chi connectivity index (χ3v) is 3.92. The molecule has 0 unspecified atom stereocenters. The molecule has 1 aromatic carbocycles. The molecule has 0 bridgehead atoms. The fourth-order valence-electron chi connectivity index (χ4n) is 2.05. The first-order valence-corrected chi connectivity index (χ1v) is 8.16. The summed E-state index contributed by atoms with van der Waals surface area (Å²) in [4.78, 5) is 6.79. The van der Waals surface area contributed by atoms with Crippen LogP contribution in [0.3, 0.4) is 0 Å². The summed E-state index contributed by atoms with van der Waals surface area (Å²) in [6, 6.07) is 11.8. The Morgan fingerprint density at radius 2 is 2.00 bits per heavy atom. The van der Waals surface area contributed by atoms with Crippen molar-refractivity contribution in [2.45, 2.75) is 20.0 Å². The number of aliphatic imine (C=N–C) groups is 1. The van der Waals surface area contributed by atoms with Crippen molar-refractivity contribution in [3.63, 3.8) is 0 Å². The van der Waals surface area contributed by atoms with Crippen LogP contribution in [0.1, 0.15) is 23.6 Å². The minimum atomic E-state index is 0. The van der Waals surface area contributed by atoms with Crippen LogP contribution in [0.4, 0.5) is 0 Å². The van der Waals surface area contributed by atoms with Crippen LogP contribution >= 0.6 is 35.3 Å². The molecule has 0 saturated carbocycles. The molecule has 23 heavy (non-hydrogen) atoms. The molecule has 0 radical (unpaired) electrons. The third-order valence-electron chi connectivity index (χ3n) is 3.19. The van der Waals surface area contributed by atoms with E-state index in [1.165, 1.54) is 5.56 Å². The summed E-state index contributed by atoms with van der Waals surface area (Å²) in [7, 11) is 2.04. The highest BCUT2D eigenvalue weighted by Gasteiger charge is 2.06. The first-order valence-electron chi connectivity index (χ1n) is 7.22. The maximum Gasteiger partial charge on any atom is 0.194 e. The number of hydrogen-bond donors (Lipinski definition) is 1. The van der Waals surface area contributed by atoms with Gasteiger partial charge in [-0.2, -0.15) is 16.6 Å². The molecule has 2 rings (SSSR count). The number of rotatable bonds is 5. The molecule has 1 aromatic heterocycles. The maximum absolute atomic E-state index is 8.82. The summed E-state index contributed by atoms with van der Waals surface area (Å²) in [5, 5.41) is 16.4. The van der Waals surface area contributed by atoms with Crippen LogP contribution < -0.4 is 5.32 Å². The highest BCUT2D eigenvalue weighted by molar-refractivity contribution is 14.0. The molecular formula is C17H21IN4S. The van der Waals surface area contributed by atoms with Gasteiger partial charge in [-0.05, 0) is 47.0 Å². The van der Waals surface area contributed by atoms with E-state index in [4.69, 9.17) is 5.26 Å². The summed E-state index contributed by atoms with van der Waals surface area (Å²) < 4.78 is 0. The number of guanidine groups is 1. The quantitative estimate of drug-likeness (QED) is 0.437. The molecule has 6 heteroatoms. The van der Waals surface area contributed by atoms with Crippen LogP contribution in [0.25, 0.3) is 0 Å². The van der Waals surface area contributed by atoms with Crippen molar-refractivity contribution in [2.24, 2.45) is 4.99 Å². The normalized spacial score (nSPS) is 10.6. The smallest absolute Gasteiger partial charge is 0.194 e. The molecule has 1 N–H and O–H groups in total. The van der Waals surface area contributed by atoms with Gasteiger partial charge in [-0.1, -0.05) is 12.1 Å². The number of hydrogen-bond acceptors (Lipinski definition) is 3. The lowest BCUT2D eigenvalue weighted by atomic mass is 10.1. The van der Waals surface area contributed by atoms with Crippen LogP contribution in [-0.2, 0) is 13.1 Å². The molecule has 0 spiro atoms. The van der Waals surface area contributed by atoms with Crippen molar-refractivity contribution in [2.75, 3.05) is 13.6 Å². The van der Waals surface area contributed by atoms with Crippen LogP contribution in [-0.4, -0.2) is 24.5 Å². The predicted octanol–water partition coefficient (Wildman–Crippen LogP) is 3.84. The lowest BCUT2D eigenvalue weighted by Crippen LogP contribution is -2.38. The molecule has 0 fully saturated rings. The second-order valence-electron chi connectivity index (χ2n) is 4.97. The summed E-state index contributed by atoms with van der Waals surface area (Å²) in [6.07, 6.45) is 0. The second kappa shape index (κ2) is 10.2. The van der Waals surface area contributed by atoms with E-state index < -0.39 is 0 Å². The van der Waals surface area contributed by atoms with E-state index in [0.717, 1.165) is 24.6 Å². The van der Waals surface area contributed by atoms with E-state index in [1.54, 1.807) is 11.3 Å². The van der Waals surface area contributed by atoms with Crippen LogP contribution in [0, 0.1) is 11.3 Å². The molecule has 0 amide bonds. The molecule has 2 aromatic rings. The lowest BCUT2D eigenvalue weighted by Gasteiger charge is -2.21. The van der Waals surface area contributed by atoms with Crippen molar-refractivity contribution in [3.05, 3.63) is 57.8 Å². The zero-order chi connectivity index (χ0) is 15.8. The summed E-state index contributed by atoms with van der Waals surface area (Å²) in [6.45, 7) is 4.33. The molecule has 0 aliphatic carbocycles. The Morgan fingerprint density at radius 1 is 1.26 bits per heavy atom. The fourth-order valence-corrected chi connectivity index (χ4v) is 2.71. The van der Waals surface area contributed by atoms with Gasteiger partial charge in [-0.15, -0.1) is 24.0 Å². The van der Waals surface area contributed by atoms with Gasteiger partial charge in [0.05, 0.1) is 18.2 Å². The first-order chi connectivity index (χ1) is 10.7. The topological polar surface area (TPSA) is 51.4 Å². The van der Waals surface area contributed by atoms with Gasteiger partial charge >= 0.3 is 0 Å². The Hall–Kier alpha value is -1.59.